The van der Waals surface area contributed by atoms with Gasteiger partial charge in [0.2, 0.25) is 0 Å². The Balaban J connectivity index is 1.67. The SMILES string of the molecule is COc1cc2ccc(C(=O)NCCn3cc(CO)nn3)nc2cc1F. The number of aliphatic hydroxyl groups excluding tert-OH is 1. The van der Waals surface area contributed by atoms with E-state index >= 15 is 0 Å². The molecule has 130 valence electrons. The topological polar surface area (TPSA) is 102 Å². The first-order valence-electron chi connectivity index (χ1n) is 7.53. The maximum Gasteiger partial charge on any atom is 0.269 e. The van der Waals surface area contributed by atoms with Crippen LogP contribution in [0.1, 0.15) is 16.2 Å². The molecule has 0 radical (unpaired) electrons. The van der Waals surface area contributed by atoms with Crippen molar-refractivity contribution in [2.75, 3.05) is 13.7 Å². The molecule has 2 N–H and O–H groups in total. The number of rotatable bonds is 6. The third-order valence-electron chi connectivity index (χ3n) is 3.57. The van der Waals surface area contributed by atoms with Crippen LogP contribution in [0.25, 0.3) is 10.9 Å². The molecule has 3 aromatic rings. The fraction of sp³-hybridized carbons (Fsp3) is 0.250. The lowest BCUT2D eigenvalue weighted by Gasteiger charge is -2.07. The lowest BCUT2D eigenvalue weighted by atomic mass is 10.2. The summed E-state index contributed by atoms with van der Waals surface area (Å²) >= 11 is 0. The molecule has 2 aromatic heterocycles. The molecule has 0 aliphatic carbocycles. The summed E-state index contributed by atoms with van der Waals surface area (Å²) < 4.78 is 20.2. The van der Waals surface area contributed by atoms with Gasteiger partial charge in [0.05, 0.1) is 32.0 Å². The van der Waals surface area contributed by atoms with Crippen molar-refractivity contribution < 1.29 is 19.0 Å². The van der Waals surface area contributed by atoms with Gasteiger partial charge in [-0.05, 0) is 12.1 Å². The van der Waals surface area contributed by atoms with E-state index in [1.165, 1.54) is 23.9 Å². The second-order valence-corrected chi connectivity index (χ2v) is 5.26. The van der Waals surface area contributed by atoms with Crippen molar-refractivity contribution in [2.45, 2.75) is 13.2 Å². The van der Waals surface area contributed by atoms with Gasteiger partial charge < -0.3 is 15.2 Å². The third-order valence-corrected chi connectivity index (χ3v) is 3.57. The molecule has 0 spiro atoms. The van der Waals surface area contributed by atoms with Crippen LogP contribution in [-0.4, -0.2) is 44.6 Å². The number of hydrogen-bond acceptors (Lipinski definition) is 6. The highest BCUT2D eigenvalue weighted by molar-refractivity contribution is 5.95. The molecule has 1 amide bonds. The molecule has 0 atom stereocenters. The summed E-state index contributed by atoms with van der Waals surface area (Å²) in [4.78, 5) is 16.3. The highest BCUT2D eigenvalue weighted by Gasteiger charge is 2.11. The number of nitrogens with zero attached hydrogens (tertiary/aromatic N) is 4. The number of aliphatic hydroxyl groups is 1. The van der Waals surface area contributed by atoms with Gasteiger partial charge in [-0.25, -0.2) is 9.37 Å². The van der Waals surface area contributed by atoms with Crippen molar-refractivity contribution in [1.82, 2.24) is 25.3 Å². The summed E-state index contributed by atoms with van der Waals surface area (Å²) in [5.41, 5.74) is 1.02. The Hall–Kier alpha value is -3.07. The zero-order chi connectivity index (χ0) is 17.8. The molecule has 9 heteroatoms. The molecule has 0 bridgehead atoms. The van der Waals surface area contributed by atoms with E-state index in [2.05, 4.69) is 20.6 Å². The standard InChI is InChI=1S/C16H16FN5O3/c1-25-15-6-10-2-3-13(19-14(10)7-12(15)17)16(24)18-4-5-22-8-11(9-23)20-21-22/h2-3,6-8,23H,4-5,9H2,1H3,(H,18,24). The minimum atomic E-state index is -0.536. The van der Waals surface area contributed by atoms with Gasteiger partial charge >= 0.3 is 0 Å². The van der Waals surface area contributed by atoms with Crippen LogP contribution in [0.3, 0.4) is 0 Å². The second-order valence-electron chi connectivity index (χ2n) is 5.26. The molecule has 0 saturated carbocycles. The number of nitrogens with one attached hydrogen (secondary N) is 1. The van der Waals surface area contributed by atoms with Crippen molar-refractivity contribution in [3.63, 3.8) is 0 Å². The van der Waals surface area contributed by atoms with E-state index < -0.39 is 5.82 Å². The van der Waals surface area contributed by atoms with Gasteiger partial charge in [-0.3, -0.25) is 9.48 Å². The second kappa shape index (κ2) is 7.22. The molecule has 1 aromatic carbocycles. The smallest absolute Gasteiger partial charge is 0.269 e. The number of methoxy groups -OCH3 is 1. The summed E-state index contributed by atoms with van der Waals surface area (Å²) in [5.74, 6) is -0.784. The number of carbonyl (C=O) groups excluding carboxylic acids is 1. The average molecular weight is 345 g/mol. The highest BCUT2D eigenvalue weighted by atomic mass is 19.1. The van der Waals surface area contributed by atoms with Gasteiger partial charge in [0.25, 0.3) is 5.91 Å². The van der Waals surface area contributed by atoms with Crippen LogP contribution >= 0.6 is 0 Å². The summed E-state index contributed by atoms with van der Waals surface area (Å²) in [5, 5.41) is 19.9. The van der Waals surface area contributed by atoms with Crippen LogP contribution in [-0.2, 0) is 13.2 Å². The molecule has 8 nitrogen and oxygen atoms in total. The van der Waals surface area contributed by atoms with Crippen LogP contribution in [0, 0.1) is 5.82 Å². The maximum atomic E-state index is 13.8. The molecule has 3 rings (SSSR count). The fourth-order valence-corrected chi connectivity index (χ4v) is 2.30. The van der Waals surface area contributed by atoms with Gasteiger partial charge in [0, 0.05) is 18.0 Å². The Morgan fingerprint density at radius 3 is 2.96 bits per heavy atom. The van der Waals surface area contributed by atoms with Crippen molar-refractivity contribution >= 4 is 16.8 Å². The zero-order valence-corrected chi connectivity index (χ0v) is 13.4. The van der Waals surface area contributed by atoms with Crippen molar-refractivity contribution in [1.29, 1.82) is 0 Å². The first kappa shape index (κ1) is 16.8. The molecule has 0 unspecified atom stereocenters. The monoisotopic (exact) mass is 345 g/mol. The molecule has 0 aliphatic rings. The van der Waals surface area contributed by atoms with Crippen molar-refractivity contribution in [3.05, 3.63) is 47.7 Å². The Morgan fingerprint density at radius 1 is 1.40 bits per heavy atom. The quantitative estimate of drug-likeness (QED) is 0.688. The largest absolute Gasteiger partial charge is 0.494 e. The van der Waals surface area contributed by atoms with Crippen LogP contribution in [0.15, 0.2) is 30.5 Å². The minimum Gasteiger partial charge on any atom is -0.494 e. The van der Waals surface area contributed by atoms with E-state index in [1.54, 1.807) is 18.3 Å². The van der Waals surface area contributed by atoms with Crippen LogP contribution in [0.2, 0.25) is 0 Å². The van der Waals surface area contributed by atoms with E-state index in [0.717, 1.165) is 0 Å². The predicted molar refractivity (Wildman–Crippen MR) is 86.5 cm³/mol. The zero-order valence-electron chi connectivity index (χ0n) is 13.4. The van der Waals surface area contributed by atoms with E-state index in [-0.39, 0.29) is 24.0 Å². The van der Waals surface area contributed by atoms with E-state index in [9.17, 15) is 9.18 Å². The number of halogens is 1. The molecule has 0 fully saturated rings. The van der Waals surface area contributed by atoms with Crippen LogP contribution < -0.4 is 10.1 Å². The number of amides is 1. The molecular weight excluding hydrogens is 329 g/mol. The lowest BCUT2D eigenvalue weighted by molar-refractivity contribution is 0.0947. The van der Waals surface area contributed by atoms with E-state index in [0.29, 0.717) is 29.7 Å². The van der Waals surface area contributed by atoms with E-state index in [4.69, 9.17) is 9.84 Å². The summed E-state index contributed by atoms with van der Waals surface area (Å²) in [6, 6.07) is 6.01. The number of benzene rings is 1. The third kappa shape index (κ3) is 3.72. The molecule has 25 heavy (non-hydrogen) atoms. The van der Waals surface area contributed by atoms with Crippen LogP contribution in [0.5, 0.6) is 5.75 Å². The average Bonchev–Trinajstić information content (AvgIpc) is 3.08. The molecule has 2 heterocycles. The number of pyridine rings is 1. The van der Waals surface area contributed by atoms with Gasteiger partial charge in [0.1, 0.15) is 11.4 Å². The Bertz CT molecular complexity index is 912. The Labute approximate surface area is 142 Å². The first-order valence-corrected chi connectivity index (χ1v) is 7.53. The number of aromatic nitrogens is 4. The normalized spacial score (nSPS) is 10.8. The summed E-state index contributed by atoms with van der Waals surface area (Å²) in [6.07, 6.45) is 1.59. The highest BCUT2D eigenvalue weighted by Crippen LogP contribution is 2.23. The fourth-order valence-electron chi connectivity index (χ4n) is 2.30. The Kier molecular flexibility index (Phi) is 4.85. The lowest BCUT2D eigenvalue weighted by Crippen LogP contribution is -2.28. The predicted octanol–water partition coefficient (Wildman–Crippen LogP) is 0.896. The maximum absolute atomic E-state index is 13.8. The van der Waals surface area contributed by atoms with Crippen molar-refractivity contribution in [3.8, 4) is 5.75 Å². The van der Waals surface area contributed by atoms with Gasteiger partial charge in [-0.1, -0.05) is 11.3 Å². The first-order chi connectivity index (χ1) is 12.1. The number of ether oxygens (including phenoxy) is 1. The van der Waals surface area contributed by atoms with Gasteiger partial charge in [0.15, 0.2) is 11.6 Å². The minimum absolute atomic E-state index is 0.126. The number of fused-ring (bicyclic) bond motifs is 1. The van der Waals surface area contributed by atoms with Crippen LogP contribution in [0.4, 0.5) is 4.39 Å². The Morgan fingerprint density at radius 2 is 2.24 bits per heavy atom. The van der Waals surface area contributed by atoms with Crippen molar-refractivity contribution in [2.24, 2.45) is 0 Å². The van der Waals surface area contributed by atoms with Gasteiger partial charge in [-0.2, -0.15) is 0 Å². The molecule has 0 saturated heterocycles. The number of hydrogen-bond donors (Lipinski definition) is 2. The number of carbonyl (C=O) groups is 1. The van der Waals surface area contributed by atoms with Gasteiger partial charge in [-0.15, -0.1) is 5.10 Å². The van der Waals surface area contributed by atoms with E-state index in [1.807, 2.05) is 0 Å². The molecular formula is C16H16FN5O3. The summed E-state index contributed by atoms with van der Waals surface area (Å²) in [6.45, 7) is 0.524. The molecule has 0 aliphatic heterocycles. The summed E-state index contributed by atoms with van der Waals surface area (Å²) in [7, 11) is 1.39.